The number of hydrogen-bond donors (Lipinski definition) is 3. The first-order valence-corrected chi connectivity index (χ1v) is 9.11. The van der Waals surface area contributed by atoms with Gasteiger partial charge in [0.1, 0.15) is 17.0 Å². The van der Waals surface area contributed by atoms with Gasteiger partial charge in [-0.15, -0.1) is 0 Å². The number of aromatic amines is 1. The van der Waals surface area contributed by atoms with E-state index in [0.717, 1.165) is 11.1 Å². The number of allylic oxidation sites excluding steroid dienone is 1. The molecule has 3 N–H and O–H groups in total. The van der Waals surface area contributed by atoms with Crippen molar-refractivity contribution in [2.24, 2.45) is 7.05 Å². The van der Waals surface area contributed by atoms with Gasteiger partial charge in [-0.1, -0.05) is 41.9 Å². The van der Waals surface area contributed by atoms with Crippen molar-refractivity contribution < 1.29 is 10.1 Å². The van der Waals surface area contributed by atoms with Gasteiger partial charge in [-0.25, -0.2) is 9.79 Å². The van der Waals surface area contributed by atoms with E-state index in [1.165, 1.54) is 4.57 Å². The molecule has 1 aliphatic heterocycles. The molecular weight excluding hydrogens is 378 g/mol. The van der Waals surface area contributed by atoms with E-state index in [1.54, 1.807) is 19.2 Å². The second kappa shape index (κ2) is 5.81. The molecule has 0 radical (unpaired) electrons. The van der Waals surface area contributed by atoms with Gasteiger partial charge in [-0.3, -0.25) is 9.78 Å². The number of nitrogens with zero attached hydrogens (tertiary/aromatic N) is 1. The average molecular weight is 393 g/mol. The molecule has 3 aromatic rings. The number of aliphatic hydroxyl groups excluding tert-OH is 1. The van der Waals surface area contributed by atoms with E-state index in [4.69, 9.17) is 11.6 Å². The second-order valence-corrected chi connectivity index (χ2v) is 7.31. The van der Waals surface area contributed by atoms with Crippen molar-refractivity contribution in [1.82, 2.24) is 9.55 Å². The minimum atomic E-state index is -0.550. The van der Waals surface area contributed by atoms with E-state index in [0.29, 0.717) is 33.3 Å². The van der Waals surface area contributed by atoms with Gasteiger partial charge in [-0.05, 0) is 23.8 Å². The van der Waals surface area contributed by atoms with E-state index in [1.807, 2.05) is 36.4 Å². The van der Waals surface area contributed by atoms with Gasteiger partial charge in [0.15, 0.2) is 0 Å². The van der Waals surface area contributed by atoms with E-state index in [-0.39, 0.29) is 5.76 Å². The Morgan fingerprint density at radius 2 is 1.75 bits per heavy atom. The summed E-state index contributed by atoms with van der Waals surface area (Å²) in [5.74, 6) is -0.0135. The largest absolute Gasteiger partial charge is 0.507 e. The summed E-state index contributed by atoms with van der Waals surface area (Å²) >= 11 is 6.05. The van der Waals surface area contributed by atoms with Gasteiger partial charge in [0, 0.05) is 16.1 Å². The lowest BCUT2D eigenvalue weighted by molar-refractivity contribution is -0.363. The minimum Gasteiger partial charge on any atom is -0.507 e. The average Bonchev–Trinajstić information content (AvgIpc) is 2.98. The molecule has 28 heavy (non-hydrogen) atoms. The van der Waals surface area contributed by atoms with E-state index < -0.39 is 17.2 Å². The Bertz CT molecular complexity index is 1330. The summed E-state index contributed by atoms with van der Waals surface area (Å²) in [6.07, 6.45) is 0. The van der Waals surface area contributed by atoms with Gasteiger partial charge in [0.2, 0.25) is 0 Å². The molecule has 0 fully saturated rings. The van der Waals surface area contributed by atoms with Gasteiger partial charge < -0.3 is 5.11 Å². The Balaban J connectivity index is 1.92. The highest BCUT2D eigenvalue weighted by Gasteiger charge is 2.43. The molecule has 2 aromatic carbocycles. The third-order valence-electron chi connectivity index (χ3n) is 5.36. The summed E-state index contributed by atoms with van der Waals surface area (Å²) in [7, 11) is 1.60. The fourth-order valence-corrected chi connectivity index (χ4v) is 4.17. The Kier molecular flexibility index (Phi) is 3.48. The van der Waals surface area contributed by atoms with Gasteiger partial charge >= 0.3 is 5.69 Å². The number of fused-ring (bicyclic) bond motifs is 4. The molecule has 1 unspecified atom stereocenters. The van der Waals surface area contributed by atoms with Crippen LogP contribution in [0, 0.1) is 0 Å². The Morgan fingerprint density at radius 3 is 2.46 bits per heavy atom. The van der Waals surface area contributed by atoms with Crippen LogP contribution >= 0.6 is 11.6 Å². The number of aliphatic hydroxyl groups is 1. The zero-order valence-corrected chi connectivity index (χ0v) is 15.5. The molecule has 7 heteroatoms. The molecule has 138 valence electrons. The van der Waals surface area contributed by atoms with Crippen LogP contribution in [0.15, 0.2) is 63.7 Å². The molecule has 0 amide bonds. The van der Waals surface area contributed by atoms with Crippen LogP contribution in [0.1, 0.15) is 28.2 Å². The van der Waals surface area contributed by atoms with Gasteiger partial charge in [0.25, 0.3) is 11.4 Å². The normalized spacial score (nSPS) is 17.1. The van der Waals surface area contributed by atoms with E-state index >= 15 is 0 Å². The standard InChI is InChI=1S/C21H14ClN3O3/c1-25-19-16(20(27)24-21(25)28)14(10-6-8-11(22)9-7-10)15-17(23-19)12-4-2-3-5-13(12)18(15)26/h2-9,14,26H,1H3,(H,24,27,28)/p+1. The van der Waals surface area contributed by atoms with Crippen molar-refractivity contribution in [3.63, 3.8) is 0 Å². The number of aromatic nitrogens is 2. The van der Waals surface area contributed by atoms with Crippen LogP contribution in [-0.4, -0.2) is 20.4 Å². The predicted octanol–water partition coefficient (Wildman–Crippen LogP) is 1.36. The molecule has 5 rings (SSSR count). The molecule has 1 aliphatic carbocycles. The monoisotopic (exact) mass is 392 g/mol. The highest BCUT2D eigenvalue weighted by atomic mass is 35.5. The maximum Gasteiger partial charge on any atom is 0.415 e. The molecule has 2 heterocycles. The van der Waals surface area contributed by atoms with Crippen LogP contribution in [0.5, 0.6) is 0 Å². The third-order valence-corrected chi connectivity index (χ3v) is 5.61. The topological polar surface area (TPSA) is 89.1 Å². The Labute approximate surface area is 164 Å². The second-order valence-electron chi connectivity index (χ2n) is 6.87. The maximum absolute atomic E-state index is 12.8. The first-order valence-electron chi connectivity index (χ1n) is 8.73. The minimum absolute atomic E-state index is 0.122. The fraction of sp³-hybridized carbons (Fsp3) is 0.0952. The van der Waals surface area contributed by atoms with Crippen molar-refractivity contribution in [2.45, 2.75) is 5.92 Å². The smallest absolute Gasteiger partial charge is 0.415 e. The molecule has 1 aromatic heterocycles. The van der Waals surface area contributed by atoms with Crippen LogP contribution in [0.25, 0.3) is 5.76 Å². The summed E-state index contributed by atoms with van der Waals surface area (Å²) in [5.41, 5.74) is 3.00. The maximum atomic E-state index is 12.8. The van der Waals surface area contributed by atoms with Crippen LogP contribution in [0.2, 0.25) is 5.02 Å². The number of nitrogens with one attached hydrogen (secondary N) is 2. The summed E-state index contributed by atoms with van der Waals surface area (Å²) in [4.78, 5) is 30.6. The quantitative estimate of drug-likeness (QED) is 0.584. The van der Waals surface area contributed by atoms with Crippen LogP contribution in [-0.2, 0) is 7.05 Å². The Hall–Kier alpha value is -3.38. The molecule has 0 saturated carbocycles. The van der Waals surface area contributed by atoms with Crippen molar-refractivity contribution in [3.05, 3.63) is 102 Å². The number of benzene rings is 2. The van der Waals surface area contributed by atoms with E-state index in [2.05, 4.69) is 9.98 Å². The van der Waals surface area contributed by atoms with Crippen LogP contribution in [0.3, 0.4) is 0 Å². The van der Waals surface area contributed by atoms with Gasteiger partial charge in [0.05, 0.1) is 18.5 Å². The lowest BCUT2D eigenvalue weighted by Gasteiger charge is -2.23. The van der Waals surface area contributed by atoms with Gasteiger partial charge in [-0.2, -0.15) is 4.57 Å². The summed E-state index contributed by atoms with van der Waals surface area (Å²) in [6, 6.07) is 14.6. The SMILES string of the molecule is Cn1c2c(c(=O)[nH]c1=O)C(c1ccc(Cl)cc1)C1=C(O)c3ccccc3C1=[NH+]2. The fourth-order valence-electron chi connectivity index (χ4n) is 4.04. The molecule has 0 spiro atoms. The lowest BCUT2D eigenvalue weighted by Crippen LogP contribution is -2.72. The summed E-state index contributed by atoms with van der Waals surface area (Å²) in [6.45, 7) is 0. The third kappa shape index (κ3) is 2.18. The molecule has 1 atom stereocenters. The highest BCUT2D eigenvalue weighted by Crippen LogP contribution is 2.43. The molecule has 2 aliphatic rings. The van der Waals surface area contributed by atoms with Crippen molar-refractivity contribution in [3.8, 4) is 0 Å². The first kappa shape index (κ1) is 16.8. The predicted molar refractivity (Wildman–Crippen MR) is 106 cm³/mol. The Morgan fingerprint density at radius 1 is 1.07 bits per heavy atom. The number of H-pyrrole nitrogens is 1. The van der Waals surface area contributed by atoms with Crippen molar-refractivity contribution in [2.75, 3.05) is 0 Å². The zero-order valence-electron chi connectivity index (χ0n) is 14.8. The molecule has 0 bridgehead atoms. The summed E-state index contributed by atoms with van der Waals surface area (Å²) < 4.78 is 1.38. The number of halogens is 1. The lowest BCUT2D eigenvalue weighted by atomic mass is 9.81. The van der Waals surface area contributed by atoms with E-state index in [9.17, 15) is 14.7 Å². The summed E-state index contributed by atoms with van der Waals surface area (Å²) in [5, 5.41) is 11.6. The van der Waals surface area contributed by atoms with Crippen LogP contribution in [0.4, 0.5) is 5.82 Å². The number of hydrogen-bond acceptors (Lipinski definition) is 3. The molecular formula is C21H15ClN3O3+. The molecule has 6 nitrogen and oxygen atoms in total. The van der Waals surface area contributed by atoms with Crippen LogP contribution < -0.4 is 16.2 Å². The zero-order chi connectivity index (χ0) is 19.6. The van der Waals surface area contributed by atoms with Crippen molar-refractivity contribution >= 4 is 28.9 Å². The number of rotatable bonds is 1. The highest BCUT2D eigenvalue weighted by molar-refractivity contribution is 6.30. The first-order chi connectivity index (χ1) is 13.5. The molecule has 0 saturated heterocycles. The van der Waals surface area contributed by atoms with Crippen molar-refractivity contribution in [1.29, 1.82) is 0 Å².